The van der Waals surface area contributed by atoms with Crippen molar-refractivity contribution in [3.63, 3.8) is 0 Å². The number of hydrogen-bond acceptors (Lipinski definition) is 3. The van der Waals surface area contributed by atoms with Crippen molar-refractivity contribution >= 4 is 38.5 Å². The first-order chi connectivity index (χ1) is 10.3. The van der Waals surface area contributed by atoms with E-state index >= 15 is 0 Å². The number of carbonyl (C=O) groups is 1. The van der Waals surface area contributed by atoms with Crippen LogP contribution in [0.5, 0.6) is 0 Å². The zero-order chi connectivity index (χ0) is 16.8. The predicted octanol–water partition coefficient (Wildman–Crippen LogP) is 4.31. The maximum absolute atomic E-state index is 12.8. The summed E-state index contributed by atoms with van der Waals surface area (Å²) in [5.74, 6) is 0. The van der Waals surface area contributed by atoms with E-state index in [0.29, 0.717) is 13.1 Å². The molecule has 0 fully saturated rings. The largest absolute Gasteiger partial charge is 0.276 e. The summed E-state index contributed by atoms with van der Waals surface area (Å²) in [6, 6.07) is 4.05. The normalized spacial score (nSPS) is 11.9. The third kappa shape index (κ3) is 4.95. The van der Waals surface area contributed by atoms with E-state index in [2.05, 4.69) is 0 Å². The molecule has 0 spiro atoms. The Morgan fingerprint density at radius 1 is 1.14 bits per heavy atom. The van der Waals surface area contributed by atoms with Crippen molar-refractivity contribution in [3.8, 4) is 0 Å². The van der Waals surface area contributed by atoms with Gasteiger partial charge in [-0.25, -0.2) is 8.42 Å². The van der Waals surface area contributed by atoms with Gasteiger partial charge in [-0.1, -0.05) is 38.3 Å². The van der Waals surface area contributed by atoms with Gasteiger partial charge in [0.05, 0.1) is 5.02 Å². The molecule has 1 aromatic rings. The zero-order valence-corrected chi connectivity index (χ0v) is 15.1. The zero-order valence-electron chi connectivity index (χ0n) is 12.8. The minimum atomic E-state index is -3.74. The molecule has 0 aliphatic heterocycles. The average Bonchev–Trinajstić information content (AvgIpc) is 2.47. The maximum Gasteiger partial charge on any atom is 0.252 e. The molecule has 1 aromatic carbocycles. The van der Waals surface area contributed by atoms with Crippen molar-refractivity contribution in [3.05, 3.63) is 28.8 Å². The summed E-state index contributed by atoms with van der Waals surface area (Å²) in [4.78, 5) is 11.2. The first-order valence-corrected chi connectivity index (χ1v) is 9.53. The van der Waals surface area contributed by atoms with Crippen LogP contribution in [0.1, 0.15) is 49.9 Å². The number of carbonyl (C=O) groups excluding carboxylic acids is 1. The van der Waals surface area contributed by atoms with Gasteiger partial charge in [-0.2, -0.15) is 4.31 Å². The van der Waals surface area contributed by atoms with Crippen LogP contribution in [0.3, 0.4) is 0 Å². The number of unbranched alkanes of at least 4 members (excludes halogenated alkanes) is 2. The van der Waals surface area contributed by atoms with Crippen LogP contribution in [-0.4, -0.2) is 31.1 Å². The van der Waals surface area contributed by atoms with Crippen molar-refractivity contribution in [2.45, 2.75) is 44.4 Å². The number of rotatable bonds is 9. The van der Waals surface area contributed by atoms with Gasteiger partial charge in [0, 0.05) is 18.7 Å². The molecule has 0 saturated heterocycles. The third-order valence-electron chi connectivity index (χ3n) is 3.30. The van der Waals surface area contributed by atoms with Crippen LogP contribution in [-0.2, 0) is 10.0 Å². The Hall–Kier alpha value is -0.620. The average molecular weight is 366 g/mol. The van der Waals surface area contributed by atoms with Gasteiger partial charge in [-0.3, -0.25) is 4.79 Å². The van der Waals surface area contributed by atoms with Crippen molar-refractivity contribution in [1.29, 1.82) is 0 Å². The molecule has 0 aliphatic rings. The Bertz CT molecular complexity index is 609. The summed E-state index contributed by atoms with van der Waals surface area (Å²) in [6.07, 6.45) is 3.33. The Morgan fingerprint density at radius 3 is 2.14 bits per heavy atom. The summed E-state index contributed by atoms with van der Waals surface area (Å²) in [7, 11) is -3.74. The van der Waals surface area contributed by atoms with E-state index in [1.165, 1.54) is 22.5 Å². The van der Waals surface area contributed by atoms with E-state index in [0.717, 1.165) is 25.7 Å². The van der Waals surface area contributed by atoms with Gasteiger partial charge in [0.15, 0.2) is 0 Å². The Balaban J connectivity index is 3.22. The van der Waals surface area contributed by atoms with Crippen LogP contribution in [0, 0.1) is 0 Å². The van der Waals surface area contributed by atoms with E-state index < -0.39 is 15.3 Å². The van der Waals surface area contributed by atoms with Gasteiger partial charge < -0.3 is 0 Å². The van der Waals surface area contributed by atoms with Gasteiger partial charge in [0.1, 0.15) is 4.90 Å². The topological polar surface area (TPSA) is 54.5 Å². The smallest absolute Gasteiger partial charge is 0.252 e. The first-order valence-electron chi connectivity index (χ1n) is 7.34. The van der Waals surface area contributed by atoms with E-state index in [1.54, 1.807) is 0 Å². The second-order valence-electron chi connectivity index (χ2n) is 5.03. The lowest BCUT2D eigenvalue weighted by molar-refractivity contribution is 0.108. The van der Waals surface area contributed by atoms with E-state index in [4.69, 9.17) is 23.2 Å². The van der Waals surface area contributed by atoms with Crippen LogP contribution in [0.25, 0.3) is 0 Å². The van der Waals surface area contributed by atoms with Crippen LogP contribution in [0.2, 0.25) is 5.02 Å². The maximum atomic E-state index is 12.8. The van der Waals surface area contributed by atoms with Crippen LogP contribution in [0.4, 0.5) is 0 Å². The lowest BCUT2D eigenvalue weighted by Crippen LogP contribution is -2.33. The van der Waals surface area contributed by atoms with Crippen molar-refractivity contribution in [2.75, 3.05) is 13.1 Å². The number of nitrogens with zero attached hydrogens (tertiary/aromatic N) is 1. The fraction of sp³-hybridized carbons (Fsp3) is 0.533. The predicted molar refractivity (Wildman–Crippen MR) is 90.2 cm³/mol. The molecule has 0 saturated carbocycles. The molecule has 0 unspecified atom stereocenters. The fourth-order valence-electron chi connectivity index (χ4n) is 1.98. The van der Waals surface area contributed by atoms with E-state index in [-0.39, 0.29) is 15.5 Å². The van der Waals surface area contributed by atoms with Gasteiger partial charge in [0.2, 0.25) is 10.0 Å². The van der Waals surface area contributed by atoms with Crippen LogP contribution < -0.4 is 0 Å². The molecule has 0 heterocycles. The van der Waals surface area contributed by atoms with Gasteiger partial charge >= 0.3 is 0 Å². The molecule has 124 valence electrons. The third-order valence-corrected chi connectivity index (χ3v) is 5.90. The number of hydrogen-bond donors (Lipinski definition) is 0. The summed E-state index contributed by atoms with van der Waals surface area (Å²) >= 11 is 11.5. The van der Waals surface area contributed by atoms with Crippen molar-refractivity contribution in [1.82, 2.24) is 4.31 Å². The highest BCUT2D eigenvalue weighted by atomic mass is 35.5. The summed E-state index contributed by atoms with van der Waals surface area (Å²) in [5.41, 5.74) is 0.121. The molecule has 0 bridgehead atoms. The van der Waals surface area contributed by atoms with Crippen molar-refractivity contribution < 1.29 is 13.2 Å². The molecule has 1 rings (SSSR count). The number of sulfonamides is 1. The standard InChI is InChI=1S/C15H21Cl2NO3S/c1-3-5-9-18(10-6-4-2)22(20,21)14-11-12(15(17)19)7-8-13(14)16/h7-8,11H,3-6,9-10H2,1-2H3. The van der Waals surface area contributed by atoms with Crippen LogP contribution in [0.15, 0.2) is 23.1 Å². The lowest BCUT2D eigenvalue weighted by Gasteiger charge is -2.22. The summed E-state index contributed by atoms with van der Waals surface area (Å²) in [6.45, 7) is 4.89. The van der Waals surface area contributed by atoms with E-state index in [9.17, 15) is 13.2 Å². The molecule has 0 N–H and O–H groups in total. The Kier molecular flexibility index (Phi) is 7.83. The first kappa shape index (κ1) is 19.4. The minimum Gasteiger partial charge on any atom is -0.276 e. The molecule has 0 amide bonds. The van der Waals surface area contributed by atoms with Gasteiger partial charge in [0.25, 0.3) is 5.24 Å². The highest BCUT2D eigenvalue weighted by molar-refractivity contribution is 7.89. The van der Waals surface area contributed by atoms with Gasteiger partial charge in [-0.05, 0) is 42.6 Å². The second-order valence-corrected chi connectivity index (χ2v) is 7.69. The van der Waals surface area contributed by atoms with E-state index in [1.807, 2.05) is 13.8 Å². The van der Waals surface area contributed by atoms with Gasteiger partial charge in [-0.15, -0.1) is 0 Å². The quantitative estimate of drug-likeness (QED) is 0.612. The molecule has 7 heteroatoms. The molecular weight excluding hydrogens is 345 g/mol. The summed E-state index contributed by atoms with van der Waals surface area (Å²) in [5, 5.41) is -0.610. The summed E-state index contributed by atoms with van der Waals surface area (Å²) < 4.78 is 27.1. The number of halogens is 2. The molecule has 0 aromatic heterocycles. The highest BCUT2D eigenvalue weighted by Gasteiger charge is 2.26. The van der Waals surface area contributed by atoms with Crippen molar-refractivity contribution in [2.24, 2.45) is 0 Å². The molecule has 22 heavy (non-hydrogen) atoms. The molecular formula is C15H21Cl2NO3S. The highest BCUT2D eigenvalue weighted by Crippen LogP contribution is 2.27. The lowest BCUT2D eigenvalue weighted by atomic mass is 10.2. The second kappa shape index (κ2) is 8.87. The monoisotopic (exact) mass is 365 g/mol. The van der Waals surface area contributed by atoms with Crippen LogP contribution >= 0.6 is 23.2 Å². The molecule has 0 aliphatic carbocycles. The molecule has 0 atom stereocenters. The molecule has 4 nitrogen and oxygen atoms in total. The Morgan fingerprint density at radius 2 is 1.68 bits per heavy atom. The minimum absolute atomic E-state index is 0.0622. The number of benzene rings is 1. The fourth-order valence-corrected chi connectivity index (χ4v) is 4.12. The molecule has 0 radical (unpaired) electrons. The Labute approximate surface area is 142 Å². The SMILES string of the molecule is CCCCN(CCCC)S(=O)(=O)c1cc(C(=O)Cl)ccc1Cl.